The minimum absolute atomic E-state index is 0.0720. The van der Waals surface area contributed by atoms with Gasteiger partial charge >= 0.3 is 0 Å². The second kappa shape index (κ2) is 7.87. The highest BCUT2D eigenvalue weighted by molar-refractivity contribution is 7.99. The van der Waals surface area contributed by atoms with Crippen molar-refractivity contribution in [1.82, 2.24) is 14.8 Å². The number of aromatic nitrogens is 3. The molecule has 0 fully saturated rings. The number of halogens is 1. The van der Waals surface area contributed by atoms with Crippen LogP contribution in [0.5, 0.6) is 0 Å². The normalized spacial score (nSPS) is 11.6. The summed E-state index contributed by atoms with van der Waals surface area (Å²) in [5.41, 5.74) is 2.82. The predicted molar refractivity (Wildman–Crippen MR) is 112 cm³/mol. The van der Waals surface area contributed by atoms with E-state index in [1.165, 1.54) is 17.3 Å². The molecule has 1 heterocycles. The number of benzene rings is 2. The standard InChI is InChI=1S/C21H22ClN3OS/c1-21(2,3)15-11-9-14(10-12-15)18(26)13-27-20-24-23-19(25(20)4)16-7-5-6-8-17(16)22/h5-12H,13H2,1-4H3. The molecule has 0 unspecified atom stereocenters. The van der Waals surface area contributed by atoms with Gasteiger partial charge in [0.25, 0.3) is 0 Å². The fourth-order valence-corrected chi connectivity index (χ4v) is 3.71. The van der Waals surface area contributed by atoms with Gasteiger partial charge in [-0.25, -0.2) is 0 Å². The lowest BCUT2D eigenvalue weighted by molar-refractivity contribution is 0.102. The van der Waals surface area contributed by atoms with E-state index in [1.54, 1.807) is 0 Å². The van der Waals surface area contributed by atoms with E-state index in [1.807, 2.05) is 60.1 Å². The van der Waals surface area contributed by atoms with Crippen LogP contribution in [0.1, 0.15) is 36.7 Å². The lowest BCUT2D eigenvalue weighted by Crippen LogP contribution is -2.11. The van der Waals surface area contributed by atoms with Crippen LogP contribution in [-0.4, -0.2) is 26.3 Å². The SMILES string of the molecule is Cn1c(SCC(=O)c2ccc(C(C)(C)C)cc2)nnc1-c1ccccc1Cl. The second-order valence-electron chi connectivity index (χ2n) is 7.38. The van der Waals surface area contributed by atoms with Crippen molar-refractivity contribution in [3.05, 3.63) is 64.7 Å². The Labute approximate surface area is 169 Å². The van der Waals surface area contributed by atoms with Gasteiger partial charge in [-0.2, -0.15) is 0 Å². The average molecular weight is 400 g/mol. The first-order valence-corrected chi connectivity index (χ1v) is 10.0. The van der Waals surface area contributed by atoms with E-state index in [2.05, 4.69) is 31.0 Å². The Morgan fingerprint density at radius 1 is 1.07 bits per heavy atom. The number of carbonyl (C=O) groups excluding carboxylic acids is 1. The Morgan fingerprint density at radius 3 is 2.37 bits per heavy atom. The first-order chi connectivity index (χ1) is 12.8. The molecule has 0 radical (unpaired) electrons. The van der Waals surface area contributed by atoms with Crippen molar-refractivity contribution < 1.29 is 4.79 Å². The number of Topliss-reactive ketones (excluding diaryl/α,β-unsaturated/α-hetero) is 1. The summed E-state index contributed by atoms with van der Waals surface area (Å²) in [7, 11) is 1.88. The van der Waals surface area contributed by atoms with Crippen molar-refractivity contribution in [2.45, 2.75) is 31.3 Å². The zero-order chi connectivity index (χ0) is 19.6. The van der Waals surface area contributed by atoms with Gasteiger partial charge < -0.3 is 4.57 Å². The predicted octanol–water partition coefficient (Wildman–Crippen LogP) is 5.41. The lowest BCUT2D eigenvalue weighted by atomic mass is 9.86. The fourth-order valence-electron chi connectivity index (χ4n) is 2.69. The van der Waals surface area contributed by atoms with Crippen molar-refractivity contribution in [2.24, 2.45) is 7.05 Å². The molecule has 0 atom stereocenters. The smallest absolute Gasteiger partial charge is 0.191 e. The third-order valence-electron chi connectivity index (χ3n) is 4.35. The van der Waals surface area contributed by atoms with Gasteiger partial charge in [-0.15, -0.1) is 10.2 Å². The molecule has 0 amide bonds. The molecule has 6 heteroatoms. The number of nitrogens with zero attached hydrogens (tertiary/aromatic N) is 3. The monoisotopic (exact) mass is 399 g/mol. The molecule has 3 aromatic rings. The van der Waals surface area contributed by atoms with Crippen molar-refractivity contribution in [2.75, 3.05) is 5.75 Å². The summed E-state index contributed by atoms with van der Waals surface area (Å²) in [6, 6.07) is 15.4. The van der Waals surface area contributed by atoms with E-state index in [0.29, 0.717) is 27.3 Å². The molecule has 140 valence electrons. The zero-order valence-electron chi connectivity index (χ0n) is 15.9. The second-order valence-corrected chi connectivity index (χ2v) is 8.73. The van der Waals surface area contributed by atoms with E-state index in [0.717, 1.165) is 5.56 Å². The zero-order valence-corrected chi connectivity index (χ0v) is 17.4. The Balaban J connectivity index is 1.70. The number of hydrogen-bond acceptors (Lipinski definition) is 4. The maximum absolute atomic E-state index is 12.5. The Bertz CT molecular complexity index is 958. The van der Waals surface area contributed by atoms with Gasteiger partial charge in [0.1, 0.15) is 0 Å². The van der Waals surface area contributed by atoms with Crippen LogP contribution < -0.4 is 0 Å². The Morgan fingerprint density at radius 2 is 1.74 bits per heavy atom. The van der Waals surface area contributed by atoms with E-state index in [9.17, 15) is 4.79 Å². The third-order valence-corrected chi connectivity index (χ3v) is 5.70. The summed E-state index contributed by atoms with van der Waals surface area (Å²) >= 11 is 7.63. The minimum atomic E-state index is 0.0720. The highest BCUT2D eigenvalue weighted by Crippen LogP contribution is 2.28. The first kappa shape index (κ1) is 19.6. The third kappa shape index (κ3) is 4.42. The van der Waals surface area contributed by atoms with Crippen LogP contribution >= 0.6 is 23.4 Å². The summed E-state index contributed by atoms with van der Waals surface area (Å²) in [5, 5.41) is 9.75. The molecule has 4 nitrogen and oxygen atoms in total. The molecule has 0 bridgehead atoms. The van der Waals surface area contributed by atoms with Gasteiger partial charge in [0.15, 0.2) is 16.8 Å². The number of thioether (sulfide) groups is 1. The summed E-state index contributed by atoms with van der Waals surface area (Å²) in [6.45, 7) is 6.47. The van der Waals surface area contributed by atoms with E-state index in [4.69, 9.17) is 11.6 Å². The molecule has 3 rings (SSSR count). The Kier molecular flexibility index (Phi) is 5.72. The molecule has 1 aromatic heterocycles. The van der Waals surface area contributed by atoms with Crippen LogP contribution in [0.3, 0.4) is 0 Å². The quantitative estimate of drug-likeness (QED) is 0.425. The van der Waals surface area contributed by atoms with Crippen LogP contribution in [0.25, 0.3) is 11.4 Å². The molecule has 0 spiro atoms. The molecular weight excluding hydrogens is 378 g/mol. The highest BCUT2D eigenvalue weighted by atomic mass is 35.5. The number of rotatable bonds is 5. The minimum Gasteiger partial charge on any atom is -0.305 e. The Hall–Kier alpha value is -2.11. The molecule has 0 aliphatic heterocycles. The van der Waals surface area contributed by atoms with Gasteiger partial charge in [-0.1, -0.05) is 80.5 Å². The largest absolute Gasteiger partial charge is 0.305 e. The first-order valence-electron chi connectivity index (χ1n) is 8.68. The van der Waals surface area contributed by atoms with Gasteiger partial charge in [0.2, 0.25) is 0 Å². The van der Waals surface area contributed by atoms with Crippen molar-refractivity contribution >= 4 is 29.1 Å². The number of carbonyl (C=O) groups is 1. The molecule has 0 saturated heterocycles. The maximum atomic E-state index is 12.5. The van der Waals surface area contributed by atoms with Crippen molar-refractivity contribution in [1.29, 1.82) is 0 Å². The molecule has 2 aromatic carbocycles. The molecular formula is C21H22ClN3OS. The summed E-state index contributed by atoms with van der Waals surface area (Å²) in [6.07, 6.45) is 0. The molecule has 0 saturated carbocycles. The summed E-state index contributed by atoms with van der Waals surface area (Å²) in [5.74, 6) is 1.07. The highest BCUT2D eigenvalue weighted by Gasteiger charge is 2.17. The summed E-state index contributed by atoms with van der Waals surface area (Å²) in [4.78, 5) is 12.5. The van der Waals surface area contributed by atoms with Crippen molar-refractivity contribution in [3.8, 4) is 11.4 Å². The van der Waals surface area contributed by atoms with Gasteiger partial charge in [0.05, 0.1) is 10.8 Å². The average Bonchev–Trinajstić information content (AvgIpc) is 3.00. The topological polar surface area (TPSA) is 47.8 Å². The summed E-state index contributed by atoms with van der Waals surface area (Å²) < 4.78 is 1.86. The van der Waals surface area contributed by atoms with E-state index in [-0.39, 0.29) is 11.2 Å². The van der Waals surface area contributed by atoms with Crippen LogP contribution in [0.4, 0.5) is 0 Å². The van der Waals surface area contributed by atoms with Crippen LogP contribution in [0.2, 0.25) is 5.02 Å². The van der Waals surface area contributed by atoms with Crippen LogP contribution in [0, 0.1) is 0 Å². The lowest BCUT2D eigenvalue weighted by Gasteiger charge is -2.18. The maximum Gasteiger partial charge on any atom is 0.191 e. The van der Waals surface area contributed by atoms with E-state index < -0.39 is 0 Å². The fraction of sp³-hybridized carbons (Fsp3) is 0.286. The van der Waals surface area contributed by atoms with Gasteiger partial charge in [-0.3, -0.25) is 4.79 Å². The van der Waals surface area contributed by atoms with Crippen LogP contribution in [0.15, 0.2) is 53.7 Å². The molecule has 0 aliphatic rings. The van der Waals surface area contributed by atoms with Gasteiger partial charge in [-0.05, 0) is 23.1 Å². The number of hydrogen-bond donors (Lipinski definition) is 0. The molecule has 0 aliphatic carbocycles. The molecule has 0 N–H and O–H groups in total. The number of ketones is 1. The van der Waals surface area contributed by atoms with Crippen LogP contribution in [-0.2, 0) is 12.5 Å². The van der Waals surface area contributed by atoms with Crippen molar-refractivity contribution in [3.63, 3.8) is 0 Å². The van der Waals surface area contributed by atoms with Gasteiger partial charge in [0, 0.05) is 18.2 Å². The molecule has 27 heavy (non-hydrogen) atoms. The van der Waals surface area contributed by atoms with E-state index >= 15 is 0 Å².